The minimum atomic E-state index is -0.356. The van der Waals surface area contributed by atoms with Gasteiger partial charge in [0.25, 0.3) is 0 Å². The van der Waals surface area contributed by atoms with Crippen LogP contribution in [0.2, 0.25) is 0 Å². The summed E-state index contributed by atoms with van der Waals surface area (Å²) in [6.07, 6.45) is 1.29. The Bertz CT molecular complexity index is 55.7. The predicted molar refractivity (Wildman–Crippen MR) is 27.7 cm³/mol. The maximum atomic E-state index is 9.71. The van der Waals surface area contributed by atoms with Crippen molar-refractivity contribution in [2.75, 3.05) is 6.54 Å². The van der Waals surface area contributed by atoms with Crippen LogP contribution in [0.4, 0.5) is 0 Å². The van der Waals surface area contributed by atoms with Crippen LogP contribution in [0.15, 0.2) is 0 Å². The number of carbonyl (C=O) groups excluding carboxylic acids is 1. The second-order valence-electron chi connectivity index (χ2n) is 1.38. The van der Waals surface area contributed by atoms with Crippen LogP contribution in [-0.2, 0) is 4.79 Å². The Morgan fingerprint density at radius 3 is 2.43 bits per heavy atom. The van der Waals surface area contributed by atoms with Gasteiger partial charge in [-0.3, -0.25) is 0 Å². The Morgan fingerprint density at radius 1 is 1.71 bits per heavy atom. The standard InChI is InChI=1S/C4H10N2O/c5-2-1-4(6)3-7/h3-4H,1-2,5-6H2/t4-/m1/s1. The van der Waals surface area contributed by atoms with Crippen LogP contribution in [0.3, 0.4) is 0 Å². The molecule has 0 spiro atoms. The van der Waals surface area contributed by atoms with Gasteiger partial charge in [-0.25, -0.2) is 0 Å². The summed E-state index contributed by atoms with van der Waals surface area (Å²) in [5.41, 5.74) is 10.2. The maximum Gasteiger partial charge on any atom is 0.136 e. The first-order chi connectivity index (χ1) is 3.31. The normalized spacial score (nSPS) is 13.4. The molecule has 0 aliphatic rings. The lowest BCUT2D eigenvalue weighted by atomic mass is 10.2. The molecule has 7 heavy (non-hydrogen) atoms. The van der Waals surface area contributed by atoms with E-state index in [1.807, 2.05) is 0 Å². The predicted octanol–water partition coefficient (Wildman–Crippen LogP) is -1.14. The molecule has 0 aliphatic heterocycles. The third kappa shape index (κ3) is 3.42. The number of hydrogen-bond donors (Lipinski definition) is 2. The SMILES string of the molecule is NCC[C@@H](N)C=O. The Balaban J connectivity index is 2.98. The van der Waals surface area contributed by atoms with Gasteiger partial charge in [0.05, 0.1) is 6.04 Å². The molecule has 3 nitrogen and oxygen atoms in total. The van der Waals surface area contributed by atoms with Gasteiger partial charge in [0.1, 0.15) is 6.29 Å². The van der Waals surface area contributed by atoms with Crippen molar-refractivity contribution >= 4 is 6.29 Å². The van der Waals surface area contributed by atoms with E-state index >= 15 is 0 Å². The summed E-state index contributed by atoms with van der Waals surface area (Å²) in [7, 11) is 0. The summed E-state index contributed by atoms with van der Waals surface area (Å²) < 4.78 is 0. The van der Waals surface area contributed by atoms with Crippen LogP contribution in [0.1, 0.15) is 6.42 Å². The van der Waals surface area contributed by atoms with Crippen LogP contribution in [-0.4, -0.2) is 18.9 Å². The van der Waals surface area contributed by atoms with Gasteiger partial charge in [0.15, 0.2) is 0 Å². The van der Waals surface area contributed by atoms with E-state index in [0.29, 0.717) is 19.3 Å². The van der Waals surface area contributed by atoms with Crippen molar-refractivity contribution in [3.05, 3.63) is 0 Å². The van der Waals surface area contributed by atoms with Gasteiger partial charge in [-0.2, -0.15) is 0 Å². The summed E-state index contributed by atoms with van der Waals surface area (Å²) >= 11 is 0. The third-order valence-corrected chi connectivity index (χ3v) is 0.675. The van der Waals surface area contributed by atoms with Gasteiger partial charge >= 0.3 is 0 Å². The molecule has 42 valence electrons. The van der Waals surface area contributed by atoms with Crippen LogP contribution >= 0.6 is 0 Å². The number of carbonyl (C=O) groups is 1. The zero-order valence-corrected chi connectivity index (χ0v) is 4.13. The average Bonchev–Trinajstić information content (AvgIpc) is 1.68. The maximum absolute atomic E-state index is 9.71. The van der Waals surface area contributed by atoms with Crippen LogP contribution in [0.25, 0.3) is 0 Å². The fourth-order valence-corrected chi connectivity index (χ4v) is 0.260. The molecular formula is C4H10N2O. The van der Waals surface area contributed by atoms with E-state index in [1.165, 1.54) is 0 Å². The molecule has 0 rings (SSSR count). The summed E-state index contributed by atoms with van der Waals surface area (Å²) in [4.78, 5) is 9.71. The Labute approximate surface area is 42.7 Å². The molecule has 0 aliphatic carbocycles. The quantitative estimate of drug-likeness (QED) is 0.442. The molecule has 0 aromatic carbocycles. The molecule has 0 saturated carbocycles. The lowest BCUT2D eigenvalue weighted by molar-refractivity contribution is -0.108. The highest BCUT2D eigenvalue weighted by molar-refractivity contribution is 5.56. The van der Waals surface area contributed by atoms with Gasteiger partial charge in [0, 0.05) is 0 Å². The largest absolute Gasteiger partial charge is 0.330 e. The van der Waals surface area contributed by atoms with Crippen molar-refractivity contribution in [2.45, 2.75) is 12.5 Å². The fourth-order valence-electron chi connectivity index (χ4n) is 0.260. The zero-order valence-electron chi connectivity index (χ0n) is 4.13. The molecule has 0 aromatic rings. The number of aldehydes is 1. The van der Waals surface area contributed by atoms with Gasteiger partial charge in [-0.15, -0.1) is 0 Å². The molecule has 1 atom stereocenters. The van der Waals surface area contributed by atoms with E-state index < -0.39 is 0 Å². The molecule has 0 heterocycles. The first-order valence-corrected chi connectivity index (χ1v) is 2.22. The molecule has 0 bridgehead atoms. The van der Waals surface area contributed by atoms with E-state index in [4.69, 9.17) is 11.5 Å². The highest BCUT2D eigenvalue weighted by atomic mass is 16.1. The molecule has 0 saturated heterocycles. The molecule has 4 N–H and O–H groups in total. The number of nitrogens with two attached hydrogens (primary N) is 2. The lowest BCUT2D eigenvalue weighted by Crippen LogP contribution is -2.24. The summed E-state index contributed by atoms with van der Waals surface area (Å²) in [5, 5.41) is 0. The molecule has 0 radical (unpaired) electrons. The Kier molecular flexibility index (Phi) is 3.55. The number of hydrogen-bond acceptors (Lipinski definition) is 3. The molecule has 0 unspecified atom stereocenters. The second-order valence-corrected chi connectivity index (χ2v) is 1.38. The van der Waals surface area contributed by atoms with E-state index in [1.54, 1.807) is 0 Å². The first kappa shape index (κ1) is 6.59. The highest BCUT2D eigenvalue weighted by Crippen LogP contribution is 1.75. The smallest absolute Gasteiger partial charge is 0.136 e. The second kappa shape index (κ2) is 3.77. The van der Waals surface area contributed by atoms with Gasteiger partial charge in [-0.05, 0) is 13.0 Å². The van der Waals surface area contributed by atoms with E-state index in [0.717, 1.165) is 0 Å². The molecule has 0 aromatic heterocycles. The van der Waals surface area contributed by atoms with E-state index in [-0.39, 0.29) is 6.04 Å². The minimum Gasteiger partial charge on any atom is -0.330 e. The Hall–Kier alpha value is -0.410. The van der Waals surface area contributed by atoms with E-state index in [9.17, 15) is 4.79 Å². The van der Waals surface area contributed by atoms with Crippen LogP contribution < -0.4 is 11.5 Å². The summed E-state index contributed by atoms with van der Waals surface area (Å²) in [6, 6.07) is -0.356. The topological polar surface area (TPSA) is 69.1 Å². The van der Waals surface area contributed by atoms with Crippen LogP contribution in [0, 0.1) is 0 Å². The number of rotatable bonds is 3. The minimum absolute atomic E-state index is 0.356. The fraction of sp³-hybridized carbons (Fsp3) is 0.750. The lowest BCUT2D eigenvalue weighted by Gasteiger charge is -1.95. The third-order valence-electron chi connectivity index (χ3n) is 0.675. The van der Waals surface area contributed by atoms with Crippen molar-refractivity contribution in [2.24, 2.45) is 11.5 Å². The van der Waals surface area contributed by atoms with Crippen molar-refractivity contribution in [1.29, 1.82) is 0 Å². The Morgan fingerprint density at radius 2 is 2.29 bits per heavy atom. The monoisotopic (exact) mass is 102 g/mol. The molecule has 0 amide bonds. The van der Waals surface area contributed by atoms with Crippen molar-refractivity contribution in [1.82, 2.24) is 0 Å². The molecule has 3 heteroatoms. The van der Waals surface area contributed by atoms with Crippen molar-refractivity contribution in [3.63, 3.8) is 0 Å². The van der Waals surface area contributed by atoms with Crippen LogP contribution in [0.5, 0.6) is 0 Å². The summed E-state index contributed by atoms with van der Waals surface area (Å²) in [6.45, 7) is 0.486. The van der Waals surface area contributed by atoms with Gasteiger partial charge < -0.3 is 16.3 Å². The average molecular weight is 102 g/mol. The van der Waals surface area contributed by atoms with Gasteiger partial charge in [-0.1, -0.05) is 0 Å². The van der Waals surface area contributed by atoms with Gasteiger partial charge in [0.2, 0.25) is 0 Å². The highest BCUT2D eigenvalue weighted by Gasteiger charge is 1.93. The van der Waals surface area contributed by atoms with Crippen molar-refractivity contribution < 1.29 is 4.79 Å². The molecular weight excluding hydrogens is 92.1 g/mol. The van der Waals surface area contributed by atoms with Crippen molar-refractivity contribution in [3.8, 4) is 0 Å². The molecule has 0 fully saturated rings. The van der Waals surface area contributed by atoms with E-state index in [2.05, 4.69) is 0 Å². The zero-order chi connectivity index (χ0) is 5.70. The first-order valence-electron chi connectivity index (χ1n) is 2.22. The summed E-state index contributed by atoms with van der Waals surface area (Å²) in [5.74, 6) is 0.